The van der Waals surface area contributed by atoms with Crippen LogP contribution in [0.4, 0.5) is 0 Å². The Hall–Kier alpha value is -2.05. The maximum atomic E-state index is 11.3. The molecule has 0 spiro atoms. The number of carbonyl (C=O) groups is 1. The van der Waals surface area contributed by atoms with Crippen LogP contribution in [0.5, 0.6) is 0 Å². The average Bonchev–Trinajstić information content (AvgIpc) is 3.05. The summed E-state index contributed by atoms with van der Waals surface area (Å²) >= 11 is 0. The molecule has 0 aromatic carbocycles. The second-order valence-electron chi connectivity index (χ2n) is 6.06. The van der Waals surface area contributed by atoms with Gasteiger partial charge in [-0.3, -0.25) is 9.79 Å². The Morgan fingerprint density at radius 3 is 2.54 bits per heavy atom. The van der Waals surface area contributed by atoms with E-state index < -0.39 is 0 Å². The second-order valence-corrected chi connectivity index (χ2v) is 6.06. The first-order valence-corrected chi connectivity index (χ1v) is 9.72. The molecule has 0 aliphatic rings. The highest BCUT2D eigenvalue weighted by molar-refractivity contribution is 5.79. The van der Waals surface area contributed by atoms with Crippen molar-refractivity contribution >= 4 is 11.9 Å². The molecule has 0 aliphatic heterocycles. The van der Waals surface area contributed by atoms with Crippen LogP contribution in [0.25, 0.3) is 0 Å². The lowest BCUT2D eigenvalue weighted by Gasteiger charge is -2.12. The molecule has 7 nitrogen and oxygen atoms in total. The highest BCUT2D eigenvalue weighted by atomic mass is 16.5. The van der Waals surface area contributed by atoms with Crippen LogP contribution in [0.15, 0.2) is 9.52 Å². The fraction of sp³-hybridized carbons (Fsp3) is 0.737. The third kappa shape index (κ3) is 7.89. The number of nitrogens with zero attached hydrogens (tertiary/aromatic N) is 2. The van der Waals surface area contributed by atoms with Crippen molar-refractivity contribution in [3.8, 4) is 0 Å². The maximum Gasteiger partial charge on any atom is 0.305 e. The van der Waals surface area contributed by atoms with Gasteiger partial charge in [-0.1, -0.05) is 31.8 Å². The third-order valence-corrected chi connectivity index (χ3v) is 4.17. The van der Waals surface area contributed by atoms with Gasteiger partial charge < -0.3 is 19.9 Å². The average molecular weight is 367 g/mol. The quantitative estimate of drug-likeness (QED) is 0.256. The summed E-state index contributed by atoms with van der Waals surface area (Å²) < 4.78 is 10.3. The van der Waals surface area contributed by atoms with Crippen molar-refractivity contribution in [2.24, 2.45) is 4.99 Å². The lowest BCUT2D eigenvalue weighted by Crippen LogP contribution is -2.37. The zero-order chi connectivity index (χ0) is 19.2. The minimum atomic E-state index is -0.0955. The number of unbranched alkanes of at least 4 members (excludes halogenated alkanes) is 3. The molecule has 0 radical (unpaired) electrons. The van der Waals surface area contributed by atoms with E-state index in [0.29, 0.717) is 19.6 Å². The Labute approximate surface area is 157 Å². The molecule has 26 heavy (non-hydrogen) atoms. The molecular formula is C19H34N4O3. The van der Waals surface area contributed by atoms with Crippen LogP contribution in [0.3, 0.4) is 0 Å². The van der Waals surface area contributed by atoms with Crippen LogP contribution in [0, 0.1) is 0 Å². The van der Waals surface area contributed by atoms with Crippen molar-refractivity contribution in [1.29, 1.82) is 0 Å². The number of nitrogens with one attached hydrogen (secondary N) is 2. The van der Waals surface area contributed by atoms with Gasteiger partial charge in [-0.25, -0.2) is 0 Å². The summed E-state index contributed by atoms with van der Waals surface area (Å²) in [5.41, 5.74) is 2.14. The van der Waals surface area contributed by atoms with Crippen LogP contribution in [-0.4, -0.2) is 37.3 Å². The van der Waals surface area contributed by atoms with Gasteiger partial charge in [-0.15, -0.1) is 0 Å². The van der Waals surface area contributed by atoms with E-state index in [1.165, 1.54) is 0 Å². The minimum Gasteiger partial charge on any atom is -0.466 e. The zero-order valence-electron chi connectivity index (χ0n) is 16.7. The normalized spacial score (nSPS) is 11.5. The van der Waals surface area contributed by atoms with Crippen LogP contribution in [0.2, 0.25) is 0 Å². The molecule has 2 N–H and O–H groups in total. The summed E-state index contributed by atoms with van der Waals surface area (Å²) in [5.74, 6) is 1.62. The zero-order valence-corrected chi connectivity index (χ0v) is 16.7. The van der Waals surface area contributed by atoms with Gasteiger partial charge in [-0.05, 0) is 26.2 Å². The Kier molecular flexibility index (Phi) is 11.2. The summed E-state index contributed by atoms with van der Waals surface area (Å²) in [6.45, 7) is 7.95. The number of hydrogen-bond donors (Lipinski definition) is 2. The van der Waals surface area contributed by atoms with Gasteiger partial charge in [0, 0.05) is 38.5 Å². The van der Waals surface area contributed by atoms with Crippen LogP contribution in [-0.2, 0) is 28.9 Å². The van der Waals surface area contributed by atoms with Crippen molar-refractivity contribution in [3.05, 3.63) is 17.0 Å². The van der Waals surface area contributed by atoms with E-state index >= 15 is 0 Å². The van der Waals surface area contributed by atoms with E-state index in [0.717, 1.165) is 68.0 Å². The summed E-state index contributed by atoms with van der Waals surface area (Å²) in [5, 5.41) is 10.8. The number of aromatic nitrogens is 1. The Morgan fingerprint density at radius 2 is 1.88 bits per heavy atom. The van der Waals surface area contributed by atoms with E-state index in [9.17, 15) is 4.79 Å². The summed E-state index contributed by atoms with van der Waals surface area (Å²) in [6, 6.07) is 0. The largest absolute Gasteiger partial charge is 0.466 e. The monoisotopic (exact) mass is 366 g/mol. The van der Waals surface area contributed by atoms with Crippen LogP contribution < -0.4 is 10.6 Å². The van der Waals surface area contributed by atoms with Gasteiger partial charge in [0.05, 0.1) is 12.3 Å². The molecule has 148 valence electrons. The first-order chi connectivity index (χ1) is 12.7. The van der Waals surface area contributed by atoms with Crippen LogP contribution >= 0.6 is 0 Å². The van der Waals surface area contributed by atoms with Gasteiger partial charge in [0.15, 0.2) is 5.96 Å². The number of ether oxygens (including phenoxy) is 1. The number of carbonyl (C=O) groups excluding carboxylic acids is 1. The maximum absolute atomic E-state index is 11.3. The molecule has 0 unspecified atom stereocenters. The number of aliphatic imine (C=N–C) groups is 1. The topological polar surface area (TPSA) is 88.8 Å². The van der Waals surface area contributed by atoms with Gasteiger partial charge in [0.25, 0.3) is 0 Å². The summed E-state index contributed by atoms with van der Waals surface area (Å²) in [4.78, 5) is 15.5. The smallest absolute Gasteiger partial charge is 0.305 e. The molecule has 0 fully saturated rings. The number of aryl methyl sites for hydroxylation is 2. The van der Waals surface area contributed by atoms with Gasteiger partial charge >= 0.3 is 5.97 Å². The predicted octanol–water partition coefficient (Wildman–Crippen LogP) is 2.98. The fourth-order valence-corrected chi connectivity index (χ4v) is 2.72. The second kappa shape index (κ2) is 13.2. The molecule has 0 saturated carbocycles. The molecule has 0 saturated heterocycles. The highest BCUT2D eigenvalue weighted by Gasteiger charge is 2.13. The fourth-order valence-electron chi connectivity index (χ4n) is 2.72. The summed E-state index contributed by atoms with van der Waals surface area (Å²) in [6.07, 6.45) is 6.25. The van der Waals surface area contributed by atoms with E-state index in [1.807, 2.05) is 6.92 Å². The molecular weight excluding hydrogens is 332 g/mol. The molecule has 0 amide bonds. The van der Waals surface area contributed by atoms with Crippen molar-refractivity contribution in [3.63, 3.8) is 0 Å². The summed E-state index contributed by atoms with van der Waals surface area (Å²) in [7, 11) is 1.77. The molecule has 1 rings (SSSR count). The standard InChI is InChI=1S/C19H34N4O3/c1-5-16-15(17(6-2)26-23-16)14-22-19(20-4)21-13-11-9-8-10-12-18(24)25-7-3/h5-14H2,1-4H3,(H2,20,21,22). The van der Waals surface area contributed by atoms with E-state index in [2.05, 4.69) is 34.6 Å². The lowest BCUT2D eigenvalue weighted by atomic mass is 10.1. The van der Waals surface area contributed by atoms with Crippen molar-refractivity contribution in [1.82, 2.24) is 15.8 Å². The SMILES string of the molecule is CCOC(=O)CCCCCCNC(=NC)NCc1c(CC)noc1CC. The predicted molar refractivity (Wildman–Crippen MR) is 103 cm³/mol. The molecule has 0 bridgehead atoms. The first-order valence-electron chi connectivity index (χ1n) is 9.72. The Balaban J connectivity index is 2.22. The number of hydrogen-bond acceptors (Lipinski definition) is 5. The van der Waals surface area contributed by atoms with Crippen molar-refractivity contribution in [2.45, 2.75) is 72.3 Å². The lowest BCUT2D eigenvalue weighted by molar-refractivity contribution is -0.143. The van der Waals surface area contributed by atoms with E-state index in [-0.39, 0.29) is 5.97 Å². The molecule has 1 aromatic rings. The van der Waals surface area contributed by atoms with Crippen molar-refractivity contribution < 1.29 is 14.1 Å². The highest BCUT2D eigenvalue weighted by Crippen LogP contribution is 2.15. The minimum absolute atomic E-state index is 0.0955. The van der Waals surface area contributed by atoms with Crippen molar-refractivity contribution in [2.75, 3.05) is 20.2 Å². The molecule has 0 atom stereocenters. The van der Waals surface area contributed by atoms with Gasteiger partial charge in [0.2, 0.25) is 0 Å². The first kappa shape index (κ1) is 22.0. The third-order valence-electron chi connectivity index (χ3n) is 4.17. The number of guanidine groups is 1. The molecule has 0 aliphatic carbocycles. The number of rotatable bonds is 12. The Bertz CT molecular complexity index is 533. The van der Waals surface area contributed by atoms with E-state index in [4.69, 9.17) is 9.26 Å². The molecule has 1 aromatic heterocycles. The molecule has 1 heterocycles. The van der Waals surface area contributed by atoms with Gasteiger partial charge in [-0.2, -0.15) is 0 Å². The Morgan fingerprint density at radius 1 is 1.12 bits per heavy atom. The van der Waals surface area contributed by atoms with Crippen LogP contribution in [0.1, 0.15) is 69.9 Å². The number of esters is 1. The molecule has 7 heteroatoms. The van der Waals surface area contributed by atoms with E-state index in [1.54, 1.807) is 7.05 Å². The van der Waals surface area contributed by atoms with Gasteiger partial charge in [0.1, 0.15) is 5.76 Å².